The quantitative estimate of drug-likeness (QED) is 0.713. The van der Waals surface area contributed by atoms with Crippen molar-refractivity contribution >= 4 is 18.2 Å². The molecule has 0 saturated heterocycles. The average Bonchev–Trinajstić information content (AvgIpc) is 2.60. The number of aryl methyl sites for hydroxylation is 1. The molecule has 152 valence electrons. The van der Waals surface area contributed by atoms with Gasteiger partial charge in [-0.15, -0.1) is 0 Å². The molecule has 9 nitrogen and oxygen atoms in total. The number of nitrogens with one attached hydrogen (secondary N) is 1. The average molecular weight is 391 g/mol. The Labute approximate surface area is 163 Å². The molecule has 0 aliphatic carbocycles. The molecule has 1 aromatic rings. The normalized spacial score (nSPS) is 12.6. The van der Waals surface area contributed by atoms with E-state index in [2.05, 4.69) is 5.43 Å². The van der Waals surface area contributed by atoms with E-state index in [1.165, 1.54) is 6.07 Å². The third kappa shape index (κ3) is 4.91. The second-order valence-corrected chi connectivity index (χ2v) is 6.47. The van der Waals surface area contributed by atoms with Crippen LogP contribution in [0.25, 0.3) is 0 Å². The number of amides is 2. The van der Waals surface area contributed by atoms with Crippen molar-refractivity contribution in [3.05, 3.63) is 35.4 Å². The van der Waals surface area contributed by atoms with Crippen molar-refractivity contribution in [2.24, 2.45) is 0 Å². The van der Waals surface area contributed by atoms with Crippen molar-refractivity contribution in [3.63, 3.8) is 0 Å². The SMILES string of the molecule is CCc1ccccc1[C@](C#N)(C(=O)O)N(NC(=O)OC(C)C)C(=O)OC(C)C. The number of nitriles is 1. The highest BCUT2D eigenvalue weighted by molar-refractivity contribution is 5.90. The first-order chi connectivity index (χ1) is 13.1. The van der Waals surface area contributed by atoms with E-state index < -0.39 is 35.9 Å². The molecule has 0 bridgehead atoms. The van der Waals surface area contributed by atoms with E-state index in [4.69, 9.17) is 9.47 Å². The van der Waals surface area contributed by atoms with Gasteiger partial charge in [0, 0.05) is 5.56 Å². The third-order valence-electron chi connectivity index (χ3n) is 3.66. The fourth-order valence-corrected chi connectivity index (χ4v) is 2.52. The fraction of sp³-hybridized carbons (Fsp3) is 0.474. The summed E-state index contributed by atoms with van der Waals surface area (Å²) in [6.45, 7) is 8.05. The number of aliphatic carboxylic acids is 1. The molecule has 28 heavy (non-hydrogen) atoms. The standard InChI is InChI=1S/C19H25N3O6/c1-6-14-9-7-8-10-15(14)19(11-20,16(23)24)22(18(26)28-13(4)5)21-17(25)27-12(2)3/h7-10,12-13H,6H2,1-5H3,(H,21,25)(H,23,24)/t19-/m1/s1. The Morgan fingerprint density at radius 3 is 2.21 bits per heavy atom. The van der Waals surface area contributed by atoms with Crippen LogP contribution in [-0.4, -0.2) is 40.5 Å². The van der Waals surface area contributed by atoms with Gasteiger partial charge in [0.15, 0.2) is 0 Å². The predicted octanol–water partition coefficient (Wildman–Crippen LogP) is 2.95. The molecule has 2 N–H and O–H groups in total. The first-order valence-electron chi connectivity index (χ1n) is 8.81. The largest absolute Gasteiger partial charge is 0.478 e. The highest BCUT2D eigenvalue weighted by Gasteiger charge is 2.53. The van der Waals surface area contributed by atoms with Gasteiger partial charge in [-0.05, 0) is 39.7 Å². The molecular formula is C19H25N3O6. The van der Waals surface area contributed by atoms with Gasteiger partial charge in [-0.2, -0.15) is 10.3 Å². The van der Waals surface area contributed by atoms with Crippen molar-refractivity contribution in [2.75, 3.05) is 0 Å². The van der Waals surface area contributed by atoms with Gasteiger partial charge in [0.1, 0.15) is 6.07 Å². The summed E-state index contributed by atoms with van der Waals surface area (Å²) in [4.78, 5) is 37.1. The number of rotatable bonds is 6. The Balaban J connectivity index is 3.63. The van der Waals surface area contributed by atoms with E-state index in [-0.39, 0.29) is 5.56 Å². The second kappa shape index (κ2) is 9.60. The van der Waals surface area contributed by atoms with E-state index >= 15 is 0 Å². The molecule has 0 saturated carbocycles. The minimum atomic E-state index is -2.56. The topological polar surface area (TPSA) is 129 Å². The summed E-state index contributed by atoms with van der Waals surface area (Å²) >= 11 is 0. The lowest BCUT2D eigenvalue weighted by Crippen LogP contribution is -2.62. The molecule has 0 radical (unpaired) electrons. The van der Waals surface area contributed by atoms with E-state index in [0.29, 0.717) is 17.0 Å². The molecular weight excluding hydrogens is 366 g/mol. The molecule has 0 aliphatic rings. The highest BCUT2D eigenvalue weighted by Crippen LogP contribution is 2.31. The van der Waals surface area contributed by atoms with Crippen LogP contribution < -0.4 is 5.43 Å². The zero-order valence-electron chi connectivity index (χ0n) is 16.6. The highest BCUT2D eigenvalue weighted by atomic mass is 16.6. The molecule has 0 spiro atoms. The number of hydrogen-bond donors (Lipinski definition) is 2. The number of ether oxygens (including phenoxy) is 2. The summed E-state index contributed by atoms with van der Waals surface area (Å²) < 4.78 is 10.0. The van der Waals surface area contributed by atoms with Crippen molar-refractivity contribution in [3.8, 4) is 6.07 Å². The third-order valence-corrected chi connectivity index (χ3v) is 3.66. The maximum Gasteiger partial charge on any atom is 0.431 e. The van der Waals surface area contributed by atoms with Crippen molar-refractivity contribution < 1.29 is 29.0 Å². The molecule has 1 rings (SSSR count). The molecule has 1 atom stereocenters. The van der Waals surface area contributed by atoms with Crippen LogP contribution in [-0.2, 0) is 26.2 Å². The molecule has 0 unspecified atom stereocenters. The van der Waals surface area contributed by atoms with Crippen LogP contribution in [0.15, 0.2) is 24.3 Å². The Bertz CT molecular complexity index is 771. The number of nitrogens with zero attached hydrogens (tertiary/aromatic N) is 2. The van der Waals surface area contributed by atoms with E-state index in [1.807, 2.05) is 0 Å². The summed E-state index contributed by atoms with van der Waals surface area (Å²) in [5.41, 5.74) is 0.0708. The van der Waals surface area contributed by atoms with Gasteiger partial charge in [-0.3, -0.25) is 0 Å². The Kier molecular flexibility index (Phi) is 7.80. The molecule has 2 amide bonds. The van der Waals surface area contributed by atoms with Crippen LogP contribution in [0.4, 0.5) is 9.59 Å². The molecule has 0 aromatic heterocycles. The van der Waals surface area contributed by atoms with Crippen LogP contribution in [0.5, 0.6) is 0 Å². The summed E-state index contributed by atoms with van der Waals surface area (Å²) in [6, 6.07) is 7.96. The minimum Gasteiger partial charge on any atom is -0.478 e. The lowest BCUT2D eigenvalue weighted by Gasteiger charge is -2.35. The van der Waals surface area contributed by atoms with Gasteiger partial charge in [-0.1, -0.05) is 31.2 Å². The molecule has 0 heterocycles. The number of carbonyl (C=O) groups excluding carboxylic acids is 2. The van der Waals surface area contributed by atoms with Gasteiger partial charge in [0.2, 0.25) is 0 Å². The Hall–Kier alpha value is -3.28. The van der Waals surface area contributed by atoms with Gasteiger partial charge >= 0.3 is 18.2 Å². The zero-order valence-corrected chi connectivity index (χ0v) is 16.6. The second-order valence-electron chi connectivity index (χ2n) is 6.47. The van der Waals surface area contributed by atoms with Crippen LogP contribution >= 0.6 is 0 Å². The van der Waals surface area contributed by atoms with Gasteiger partial charge in [0.05, 0.1) is 12.2 Å². The van der Waals surface area contributed by atoms with Crippen LogP contribution in [0.2, 0.25) is 0 Å². The van der Waals surface area contributed by atoms with Crippen LogP contribution in [0.1, 0.15) is 45.7 Å². The number of hydrogen-bond acceptors (Lipinski definition) is 6. The number of hydrazine groups is 1. The van der Waals surface area contributed by atoms with Crippen LogP contribution in [0, 0.1) is 11.3 Å². The molecule has 9 heteroatoms. The lowest BCUT2D eigenvalue weighted by atomic mass is 9.86. The smallest absolute Gasteiger partial charge is 0.431 e. The number of carboxylic acid groups (broad SMARTS) is 1. The maximum absolute atomic E-state index is 12.7. The first-order valence-corrected chi connectivity index (χ1v) is 8.81. The number of carboxylic acids is 1. The number of carbonyl (C=O) groups is 3. The summed E-state index contributed by atoms with van der Waals surface area (Å²) in [5, 5.41) is 20.2. The van der Waals surface area contributed by atoms with Gasteiger partial charge < -0.3 is 14.6 Å². The minimum absolute atomic E-state index is 0.0399. The summed E-state index contributed by atoms with van der Waals surface area (Å²) in [6.07, 6.45) is -3.05. The van der Waals surface area contributed by atoms with Crippen LogP contribution in [0.3, 0.4) is 0 Å². The predicted molar refractivity (Wildman–Crippen MR) is 99.0 cm³/mol. The maximum atomic E-state index is 12.7. The fourth-order valence-electron chi connectivity index (χ4n) is 2.52. The zero-order chi connectivity index (χ0) is 21.5. The lowest BCUT2D eigenvalue weighted by molar-refractivity contribution is -0.149. The summed E-state index contributed by atoms with van der Waals surface area (Å²) in [7, 11) is 0. The Morgan fingerprint density at radius 2 is 1.75 bits per heavy atom. The monoisotopic (exact) mass is 391 g/mol. The van der Waals surface area contributed by atoms with Gasteiger partial charge in [0.25, 0.3) is 5.54 Å². The van der Waals surface area contributed by atoms with Crippen molar-refractivity contribution in [1.29, 1.82) is 5.26 Å². The van der Waals surface area contributed by atoms with Crippen molar-refractivity contribution in [2.45, 2.75) is 58.8 Å². The Morgan fingerprint density at radius 1 is 1.18 bits per heavy atom. The molecule has 0 aliphatic heterocycles. The van der Waals surface area contributed by atoms with Crippen molar-refractivity contribution in [1.82, 2.24) is 10.4 Å². The van der Waals surface area contributed by atoms with Gasteiger partial charge in [-0.25, -0.2) is 19.8 Å². The molecule has 1 aromatic carbocycles. The van der Waals surface area contributed by atoms with E-state index in [9.17, 15) is 24.8 Å². The summed E-state index contributed by atoms with van der Waals surface area (Å²) in [5.74, 6) is -1.65. The van der Waals surface area contributed by atoms with E-state index in [0.717, 1.165) is 0 Å². The molecule has 0 fully saturated rings. The van der Waals surface area contributed by atoms with E-state index in [1.54, 1.807) is 58.9 Å². The number of benzene rings is 1. The first kappa shape index (κ1) is 22.8.